The molecule has 110 valence electrons. The maximum absolute atomic E-state index is 12.4. The first-order chi connectivity index (χ1) is 10.3. The molecule has 0 aliphatic carbocycles. The Morgan fingerprint density at radius 2 is 1.81 bits per heavy atom. The Morgan fingerprint density at radius 1 is 1.10 bits per heavy atom. The van der Waals surface area contributed by atoms with Crippen LogP contribution in [0.15, 0.2) is 24.3 Å². The molecule has 3 aliphatic heterocycles. The quantitative estimate of drug-likeness (QED) is 0.814. The number of rotatable bonds is 2. The summed E-state index contributed by atoms with van der Waals surface area (Å²) in [5.74, 6) is -0.283. The molecule has 0 radical (unpaired) electrons. The lowest BCUT2D eigenvalue weighted by Gasteiger charge is -2.39. The summed E-state index contributed by atoms with van der Waals surface area (Å²) >= 11 is 0. The molecule has 5 heteroatoms. The Kier molecular flexibility index (Phi) is 3.05. The standard InChI is InChI=1S/C16H19N3O2/c20-15-13-5-1-2-6-14(13)16(21)19(15)10-12-9-17-8-11-4-3-7-18(11)12/h1-2,5-6,11-12,17H,3-4,7-10H2/t11-,12?/m0/s1. The van der Waals surface area contributed by atoms with Gasteiger partial charge in [-0.2, -0.15) is 0 Å². The Hall–Kier alpha value is -1.72. The third-order valence-electron chi connectivity index (χ3n) is 4.92. The first-order valence-electron chi connectivity index (χ1n) is 7.67. The molecular formula is C16H19N3O2. The lowest BCUT2D eigenvalue weighted by atomic mass is 10.1. The van der Waals surface area contributed by atoms with Gasteiger partial charge in [-0.25, -0.2) is 0 Å². The van der Waals surface area contributed by atoms with E-state index in [2.05, 4.69) is 10.2 Å². The fraction of sp³-hybridized carbons (Fsp3) is 0.500. The van der Waals surface area contributed by atoms with Gasteiger partial charge in [-0.3, -0.25) is 19.4 Å². The number of piperazine rings is 1. The SMILES string of the molecule is O=C1c2ccccc2C(=O)N1CC1CNC[C@@H]2CCCN12. The number of carbonyl (C=O) groups excluding carboxylic acids is 2. The molecule has 0 saturated carbocycles. The van der Waals surface area contributed by atoms with E-state index in [9.17, 15) is 9.59 Å². The van der Waals surface area contributed by atoms with Crippen LogP contribution in [0.25, 0.3) is 0 Å². The fourth-order valence-electron chi connectivity index (χ4n) is 3.88. The molecule has 3 aliphatic rings. The van der Waals surface area contributed by atoms with Crippen molar-refractivity contribution in [3.8, 4) is 0 Å². The smallest absolute Gasteiger partial charge is 0.261 e. The van der Waals surface area contributed by atoms with Crippen LogP contribution < -0.4 is 5.32 Å². The zero-order valence-electron chi connectivity index (χ0n) is 11.9. The van der Waals surface area contributed by atoms with E-state index in [0.717, 1.165) is 19.6 Å². The van der Waals surface area contributed by atoms with Gasteiger partial charge in [0.2, 0.25) is 0 Å². The molecule has 2 atom stereocenters. The van der Waals surface area contributed by atoms with Crippen molar-refractivity contribution >= 4 is 11.8 Å². The molecular weight excluding hydrogens is 266 g/mol. The second-order valence-electron chi connectivity index (χ2n) is 6.11. The molecule has 3 heterocycles. The van der Waals surface area contributed by atoms with E-state index < -0.39 is 0 Å². The molecule has 1 aromatic rings. The number of imide groups is 1. The summed E-state index contributed by atoms with van der Waals surface area (Å²) in [6, 6.07) is 7.92. The number of nitrogens with one attached hydrogen (secondary N) is 1. The Morgan fingerprint density at radius 3 is 2.52 bits per heavy atom. The van der Waals surface area contributed by atoms with Gasteiger partial charge in [0.15, 0.2) is 0 Å². The van der Waals surface area contributed by atoms with Crippen LogP contribution >= 0.6 is 0 Å². The number of hydrogen-bond donors (Lipinski definition) is 1. The van der Waals surface area contributed by atoms with Gasteiger partial charge in [0, 0.05) is 31.7 Å². The van der Waals surface area contributed by atoms with Crippen molar-refractivity contribution in [1.29, 1.82) is 0 Å². The first-order valence-corrected chi connectivity index (χ1v) is 7.67. The summed E-state index contributed by atoms with van der Waals surface area (Å²) in [5, 5.41) is 3.44. The fourth-order valence-corrected chi connectivity index (χ4v) is 3.88. The highest BCUT2D eigenvalue weighted by Gasteiger charge is 2.40. The second kappa shape index (κ2) is 4.93. The van der Waals surface area contributed by atoms with Crippen LogP contribution in [0.3, 0.4) is 0 Å². The van der Waals surface area contributed by atoms with E-state index in [0.29, 0.717) is 23.7 Å². The van der Waals surface area contributed by atoms with Crippen LogP contribution in [0, 0.1) is 0 Å². The van der Waals surface area contributed by atoms with E-state index in [4.69, 9.17) is 0 Å². The monoisotopic (exact) mass is 285 g/mol. The van der Waals surface area contributed by atoms with Crippen LogP contribution in [0.4, 0.5) is 0 Å². The van der Waals surface area contributed by atoms with Gasteiger partial charge in [-0.1, -0.05) is 12.1 Å². The molecule has 1 N–H and O–H groups in total. The normalized spacial score (nSPS) is 28.9. The summed E-state index contributed by atoms with van der Waals surface area (Å²) in [7, 11) is 0. The van der Waals surface area contributed by atoms with Gasteiger partial charge >= 0.3 is 0 Å². The molecule has 1 aromatic carbocycles. The summed E-state index contributed by atoms with van der Waals surface area (Å²) in [6.45, 7) is 3.46. The number of amides is 2. The minimum absolute atomic E-state index is 0.142. The Labute approximate surface area is 123 Å². The lowest BCUT2D eigenvalue weighted by Crippen LogP contribution is -2.58. The molecule has 2 saturated heterocycles. The average molecular weight is 285 g/mol. The van der Waals surface area contributed by atoms with Crippen LogP contribution in [0.5, 0.6) is 0 Å². The molecule has 1 unspecified atom stereocenters. The predicted molar refractivity (Wildman–Crippen MR) is 78.2 cm³/mol. The van der Waals surface area contributed by atoms with Gasteiger partial charge in [0.05, 0.1) is 11.1 Å². The number of nitrogens with zero attached hydrogens (tertiary/aromatic N) is 2. The molecule has 4 rings (SSSR count). The number of carbonyl (C=O) groups is 2. The van der Waals surface area contributed by atoms with Crippen molar-refractivity contribution in [1.82, 2.24) is 15.1 Å². The minimum atomic E-state index is -0.142. The summed E-state index contributed by atoms with van der Waals surface area (Å²) in [5.41, 5.74) is 1.09. The molecule has 5 nitrogen and oxygen atoms in total. The molecule has 0 aromatic heterocycles. The van der Waals surface area contributed by atoms with Crippen LogP contribution in [-0.2, 0) is 0 Å². The van der Waals surface area contributed by atoms with E-state index in [1.54, 1.807) is 12.1 Å². The Balaban J connectivity index is 1.56. The van der Waals surface area contributed by atoms with Crippen LogP contribution in [-0.4, -0.2) is 59.9 Å². The first kappa shape index (κ1) is 13.0. The third-order valence-corrected chi connectivity index (χ3v) is 4.92. The predicted octanol–water partition coefficient (Wildman–Crippen LogP) is 0.719. The molecule has 0 bridgehead atoms. The summed E-state index contributed by atoms with van der Waals surface area (Å²) in [6.07, 6.45) is 2.43. The summed E-state index contributed by atoms with van der Waals surface area (Å²) < 4.78 is 0. The van der Waals surface area contributed by atoms with Crippen LogP contribution in [0.2, 0.25) is 0 Å². The largest absolute Gasteiger partial charge is 0.314 e. The average Bonchev–Trinajstić information content (AvgIpc) is 3.08. The summed E-state index contributed by atoms with van der Waals surface area (Å²) in [4.78, 5) is 28.8. The van der Waals surface area contributed by atoms with Crippen molar-refractivity contribution in [2.45, 2.75) is 24.9 Å². The van der Waals surface area contributed by atoms with Crippen molar-refractivity contribution in [2.75, 3.05) is 26.2 Å². The lowest BCUT2D eigenvalue weighted by molar-refractivity contribution is 0.0544. The van der Waals surface area contributed by atoms with E-state index >= 15 is 0 Å². The van der Waals surface area contributed by atoms with Gasteiger partial charge in [0.25, 0.3) is 11.8 Å². The highest BCUT2D eigenvalue weighted by Crippen LogP contribution is 2.26. The molecule has 2 fully saturated rings. The van der Waals surface area contributed by atoms with Gasteiger partial charge in [-0.15, -0.1) is 0 Å². The van der Waals surface area contributed by atoms with E-state index in [-0.39, 0.29) is 17.9 Å². The maximum Gasteiger partial charge on any atom is 0.261 e. The van der Waals surface area contributed by atoms with Crippen molar-refractivity contribution in [3.05, 3.63) is 35.4 Å². The molecule has 21 heavy (non-hydrogen) atoms. The topological polar surface area (TPSA) is 52.7 Å². The van der Waals surface area contributed by atoms with Crippen molar-refractivity contribution < 1.29 is 9.59 Å². The molecule has 0 spiro atoms. The number of fused-ring (bicyclic) bond motifs is 2. The molecule has 2 amide bonds. The highest BCUT2D eigenvalue weighted by molar-refractivity contribution is 6.21. The Bertz CT molecular complexity index is 566. The van der Waals surface area contributed by atoms with Gasteiger partial charge in [0.1, 0.15) is 0 Å². The number of hydrogen-bond acceptors (Lipinski definition) is 4. The second-order valence-corrected chi connectivity index (χ2v) is 6.11. The zero-order chi connectivity index (χ0) is 14.4. The van der Waals surface area contributed by atoms with Crippen molar-refractivity contribution in [2.24, 2.45) is 0 Å². The van der Waals surface area contributed by atoms with E-state index in [1.165, 1.54) is 17.7 Å². The minimum Gasteiger partial charge on any atom is -0.314 e. The highest BCUT2D eigenvalue weighted by atomic mass is 16.2. The van der Waals surface area contributed by atoms with Gasteiger partial charge < -0.3 is 5.32 Å². The van der Waals surface area contributed by atoms with E-state index in [1.807, 2.05) is 12.1 Å². The van der Waals surface area contributed by atoms with Crippen LogP contribution in [0.1, 0.15) is 33.6 Å². The van der Waals surface area contributed by atoms with Crippen molar-refractivity contribution in [3.63, 3.8) is 0 Å². The third kappa shape index (κ3) is 2.00. The maximum atomic E-state index is 12.4. The van der Waals surface area contributed by atoms with Gasteiger partial charge in [-0.05, 0) is 31.5 Å². The number of benzene rings is 1. The zero-order valence-corrected chi connectivity index (χ0v) is 11.9.